The van der Waals surface area contributed by atoms with Gasteiger partial charge in [0, 0.05) is 32.3 Å². The molecule has 0 saturated heterocycles. The lowest BCUT2D eigenvalue weighted by Gasteiger charge is -2.22. The van der Waals surface area contributed by atoms with Gasteiger partial charge in [-0.15, -0.1) is 0 Å². The topological polar surface area (TPSA) is 59.9 Å². The molecule has 0 spiro atoms. The predicted molar refractivity (Wildman–Crippen MR) is 150 cm³/mol. The number of benzene rings is 3. The molecule has 0 saturated carbocycles. The minimum atomic E-state index is -0.385. The smallest absolute Gasteiger partial charge is 0.234 e. The van der Waals surface area contributed by atoms with Gasteiger partial charge in [0.1, 0.15) is 0 Å². The van der Waals surface area contributed by atoms with Gasteiger partial charge in [0.25, 0.3) is 0 Å². The zero-order valence-corrected chi connectivity index (χ0v) is 21.8. The first kappa shape index (κ1) is 21.8. The molecule has 1 aliphatic carbocycles. The SMILES string of the molecule is CC(C)(C)c1ccc2c3c1c(=O)c(=O)c3c1ccc(C(C)(C)C)c3c4nc5c(nc4c2c13)CCCC5. The molecule has 0 atom stereocenters. The van der Waals surface area contributed by atoms with Crippen LogP contribution in [0.2, 0.25) is 0 Å². The number of rotatable bonds is 0. The van der Waals surface area contributed by atoms with Gasteiger partial charge >= 0.3 is 0 Å². The molecule has 1 heterocycles. The summed E-state index contributed by atoms with van der Waals surface area (Å²) >= 11 is 0. The summed E-state index contributed by atoms with van der Waals surface area (Å²) in [6.07, 6.45) is 4.20. The lowest BCUT2D eigenvalue weighted by Crippen LogP contribution is -2.21. The maximum atomic E-state index is 13.6. The van der Waals surface area contributed by atoms with E-state index in [-0.39, 0.29) is 21.7 Å². The van der Waals surface area contributed by atoms with Crippen molar-refractivity contribution in [3.05, 3.63) is 67.2 Å². The van der Waals surface area contributed by atoms with E-state index >= 15 is 0 Å². The first-order chi connectivity index (χ1) is 17.0. The average Bonchev–Trinajstić information content (AvgIpc) is 3.28. The van der Waals surface area contributed by atoms with Crippen molar-refractivity contribution in [1.29, 1.82) is 0 Å². The molecule has 0 unspecified atom stereocenters. The number of hydrogen-bond acceptors (Lipinski definition) is 4. The minimum absolute atomic E-state index is 0.115. The van der Waals surface area contributed by atoms with Crippen molar-refractivity contribution in [2.45, 2.75) is 78.1 Å². The van der Waals surface area contributed by atoms with Crippen molar-refractivity contribution >= 4 is 54.1 Å². The van der Waals surface area contributed by atoms with Gasteiger partial charge in [-0.2, -0.15) is 0 Å². The molecular formula is C32H30N2O2. The summed E-state index contributed by atoms with van der Waals surface area (Å²) in [6.45, 7) is 13.0. The van der Waals surface area contributed by atoms with E-state index in [0.717, 1.165) is 86.0 Å². The summed E-state index contributed by atoms with van der Waals surface area (Å²) in [6, 6.07) is 8.38. The Morgan fingerprint density at radius 2 is 1.00 bits per heavy atom. The van der Waals surface area contributed by atoms with Gasteiger partial charge in [0.05, 0.1) is 22.4 Å². The van der Waals surface area contributed by atoms with Crippen LogP contribution in [0.1, 0.15) is 76.9 Å². The lowest BCUT2D eigenvalue weighted by atomic mass is 9.81. The maximum Gasteiger partial charge on any atom is 0.234 e. The number of fused-ring (bicyclic) bond motifs is 6. The third-order valence-corrected chi connectivity index (χ3v) is 8.33. The Morgan fingerprint density at radius 1 is 0.556 bits per heavy atom. The van der Waals surface area contributed by atoms with E-state index in [2.05, 4.69) is 65.8 Å². The van der Waals surface area contributed by atoms with Crippen molar-refractivity contribution in [1.82, 2.24) is 9.97 Å². The van der Waals surface area contributed by atoms with Crippen molar-refractivity contribution in [2.24, 2.45) is 0 Å². The van der Waals surface area contributed by atoms with Gasteiger partial charge in [-0.25, -0.2) is 9.97 Å². The molecule has 36 heavy (non-hydrogen) atoms. The van der Waals surface area contributed by atoms with Crippen LogP contribution >= 0.6 is 0 Å². The molecule has 180 valence electrons. The molecule has 0 amide bonds. The third-order valence-electron chi connectivity index (χ3n) is 8.33. The highest BCUT2D eigenvalue weighted by molar-refractivity contribution is 6.42. The van der Waals surface area contributed by atoms with Gasteiger partial charge < -0.3 is 0 Å². The predicted octanol–water partition coefficient (Wildman–Crippen LogP) is 6.75. The first-order valence-corrected chi connectivity index (χ1v) is 13.1. The maximum absolute atomic E-state index is 13.6. The highest BCUT2D eigenvalue weighted by Crippen LogP contribution is 2.48. The normalized spacial score (nSPS) is 15.3. The molecule has 4 nitrogen and oxygen atoms in total. The standard InChI is InChI=1S/C32H30N2O2/c1-31(2,3)17-13-12-16-21-23(27-28(25(17)21)34-20-10-8-7-9-19(20)33-27)15-11-14-18(32(4,5)6)26-22(15)24(16)29(35)30(26)36/h11-14H,7-10H2,1-6H3. The Kier molecular flexibility index (Phi) is 4.05. The van der Waals surface area contributed by atoms with E-state index in [1.807, 2.05) is 0 Å². The second-order valence-electron chi connectivity index (χ2n) is 12.8. The molecule has 0 fully saturated rings. The van der Waals surface area contributed by atoms with Crippen LogP contribution in [0.5, 0.6) is 0 Å². The minimum Gasteiger partial charge on any atom is -0.285 e. The third kappa shape index (κ3) is 2.60. The molecule has 0 aliphatic heterocycles. The summed E-state index contributed by atoms with van der Waals surface area (Å²) in [4.78, 5) is 37.6. The molecule has 4 heteroatoms. The van der Waals surface area contributed by atoms with Gasteiger partial charge in [0.15, 0.2) is 0 Å². The van der Waals surface area contributed by atoms with Crippen molar-refractivity contribution in [3.63, 3.8) is 0 Å². The zero-order valence-electron chi connectivity index (χ0n) is 21.8. The van der Waals surface area contributed by atoms with Crippen LogP contribution in [0.4, 0.5) is 0 Å². The van der Waals surface area contributed by atoms with E-state index in [4.69, 9.17) is 9.97 Å². The number of nitrogens with zero attached hydrogens (tertiary/aromatic N) is 2. The first-order valence-electron chi connectivity index (χ1n) is 13.1. The second kappa shape index (κ2) is 6.67. The Morgan fingerprint density at radius 3 is 1.56 bits per heavy atom. The summed E-state index contributed by atoms with van der Waals surface area (Å²) in [7, 11) is 0. The number of hydrogen-bond donors (Lipinski definition) is 0. The van der Waals surface area contributed by atoms with Crippen LogP contribution < -0.4 is 10.9 Å². The van der Waals surface area contributed by atoms with Crippen LogP contribution in [-0.2, 0) is 23.7 Å². The van der Waals surface area contributed by atoms with Gasteiger partial charge in [-0.05, 0) is 58.4 Å². The molecule has 6 aromatic rings. The Hall–Kier alpha value is -3.40. The highest BCUT2D eigenvalue weighted by atomic mass is 16.2. The molecular weight excluding hydrogens is 444 g/mol. The summed E-state index contributed by atoms with van der Waals surface area (Å²) < 4.78 is 0. The summed E-state index contributed by atoms with van der Waals surface area (Å²) in [5.41, 5.74) is 5.08. The van der Waals surface area contributed by atoms with Crippen molar-refractivity contribution in [3.8, 4) is 0 Å². The monoisotopic (exact) mass is 474 g/mol. The Bertz CT molecular complexity index is 1990. The number of aromatic nitrogens is 2. The quantitative estimate of drug-likeness (QED) is 0.180. The fraction of sp³-hybridized carbons (Fsp3) is 0.375. The molecule has 5 aromatic carbocycles. The Balaban J connectivity index is 1.85. The molecule has 0 bridgehead atoms. The lowest BCUT2D eigenvalue weighted by molar-refractivity contribution is 0.595. The van der Waals surface area contributed by atoms with Gasteiger partial charge in [-0.1, -0.05) is 65.8 Å². The van der Waals surface area contributed by atoms with Crippen LogP contribution in [0, 0.1) is 0 Å². The highest BCUT2D eigenvalue weighted by Gasteiger charge is 2.31. The van der Waals surface area contributed by atoms with Crippen molar-refractivity contribution in [2.75, 3.05) is 0 Å². The fourth-order valence-corrected chi connectivity index (χ4v) is 6.69. The van der Waals surface area contributed by atoms with Gasteiger partial charge in [0.2, 0.25) is 10.9 Å². The Labute approximate surface area is 209 Å². The van der Waals surface area contributed by atoms with E-state index in [9.17, 15) is 9.59 Å². The molecule has 0 N–H and O–H groups in total. The summed E-state index contributed by atoms with van der Waals surface area (Å²) in [5, 5.41) is 6.95. The summed E-state index contributed by atoms with van der Waals surface area (Å²) in [5.74, 6) is 0. The van der Waals surface area contributed by atoms with Crippen molar-refractivity contribution < 1.29 is 0 Å². The van der Waals surface area contributed by atoms with Crippen LogP contribution in [0.25, 0.3) is 54.1 Å². The number of aryl methyl sites for hydroxylation is 2. The van der Waals surface area contributed by atoms with Crippen LogP contribution in [0.15, 0.2) is 33.9 Å². The molecule has 0 radical (unpaired) electrons. The van der Waals surface area contributed by atoms with Gasteiger partial charge in [-0.3, -0.25) is 9.59 Å². The zero-order chi connectivity index (χ0) is 25.3. The van der Waals surface area contributed by atoms with Crippen LogP contribution in [-0.4, -0.2) is 9.97 Å². The molecule has 1 aliphatic rings. The van der Waals surface area contributed by atoms with Crippen LogP contribution in [0.3, 0.4) is 0 Å². The second-order valence-corrected chi connectivity index (χ2v) is 12.8. The largest absolute Gasteiger partial charge is 0.285 e. The van der Waals surface area contributed by atoms with E-state index in [1.54, 1.807) is 0 Å². The molecule has 1 aromatic heterocycles. The fourth-order valence-electron chi connectivity index (χ4n) is 6.69. The van der Waals surface area contributed by atoms with E-state index < -0.39 is 0 Å². The van der Waals surface area contributed by atoms with E-state index in [1.165, 1.54) is 5.56 Å². The molecule has 7 rings (SSSR count). The average molecular weight is 475 g/mol. The van der Waals surface area contributed by atoms with E-state index in [0.29, 0.717) is 10.8 Å².